The highest BCUT2D eigenvalue weighted by Crippen LogP contribution is 2.31. The molecular weight excluding hydrogens is 432 g/mol. The maximum absolute atomic E-state index is 12.5. The van der Waals surface area contributed by atoms with Crippen LogP contribution in [0.25, 0.3) is 15.9 Å². The number of carbonyl (C=O) groups is 2. The Balaban J connectivity index is 1.48. The summed E-state index contributed by atoms with van der Waals surface area (Å²) in [5, 5.41) is 19.0. The molecule has 4 rings (SSSR count). The van der Waals surface area contributed by atoms with Gasteiger partial charge in [0.1, 0.15) is 15.4 Å². The summed E-state index contributed by atoms with van der Waals surface area (Å²) in [6, 6.07) is 15.7. The van der Waals surface area contributed by atoms with Crippen LogP contribution in [0.2, 0.25) is 0 Å². The molecule has 0 aliphatic carbocycles. The van der Waals surface area contributed by atoms with Gasteiger partial charge in [-0.15, -0.1) is 11.3 Å². The number of ether oxygens (including phenoxy) is 1. The smallest absolute Gasteiger partial charge is 0.348 e. The van der Waals surface area contributed by atoms with E-state index in [0.29, 0.717) is 10.4 Å². The van der Waals surface area contributed by atoms with Crippen molar-refractivity contribution in [1.82, 2.24) is 9.78 Å². The number of nitro benzene ring substituents is 1. The molecule has 1 amide bonds. The Morgan fingerprint density at radius 3 is 2.62 bits per heavy atom. The van der Waals surface area contributed by atoms with Crippen LogP contribution in [-0.2, 0) is 9.53 Å². The van der Waals surface area contributed by atoms with E-state index in [-0.39, 0.29) is 11.4 Å². The molecule has 2 aromatic carbocycles. The Morgan fingerprint density at radius 1 is 1.16 bits per heavy atom. The normalized spacial score (nSPS) is 10.8. The Labute approximate surface area is 186 Å². The predicted molar refractivity (Wildman–Crippen MR) is 120 cm³/mol. The summed E-state index contributed by atoms with van der Waals surface area (Å²) in [6.45, 7) is 2.93. The van der Waals surface area contributed by atoms with E-state index >= 15 is 0 Å². The van der Waals surface area contributed by atoms with Gasteiger partial charge in [-0.05, 0) is 37.6 Å². The molecule has 0 aliphatic heterocycles. The third-order valence-electron chi connectivity index (χ3n) is 4.79. The number of rotatable bonds is 6. The molecule has 9 nitrogen and oxygen atoms in total. The fourth-order valence-corrected chi connectivity index (χ4v) is 4.31. The van der Waals surface area contributed by atoms with Crippen LogP contribution >= 0.6 is 11.3 Å². The van der Waals surface area contributed by atoms with E-state index in [0.717, 1.165) is 21.6 Å². The second kappa shape index (κ2) is 8.60. The number of carbonyl (C=O) groups excluding carboxylic acids is 2. The van der Waals surface area contributed by atoms with Crippen molar-refractivity contribution >= 4 is 44.8 Å². The average molecular weight is 450 g/mol. The van der Waals surface area contributed by atoms with Gasteiger partial charge in [0, 0.05) is 11.5 Å². The topological polar surface area (TPSA) is 116 Å². The van der Waals surface area contributed by atoms with Gasteiger partial charge in [-0.3, -0.25) is 14.9 Å². The number of esters is 1. The first-order valence-electron chi connectivity index (χ1n) is 9.60. The molecule has 0 fully saturated rings. The number of nitro groups is 1. The number of aryl methyl sites for hydroxylation is 2. The van der Waals surface area contributed by atoms with Crippen molar-refractivity contribution in [2.75, 3.05) is 11.9 Å². The number of amides is 1. The van der Waals surface area contributed by atoms with Gasteiger partial charge in [0.05, 0.1) is 16.3 Å². The largest absolute Gasteiger partial charge is 0.451 e. The molecule has 0 bridgehead atoms. The third kappa shape index (κ3) is 4.08. The number of thiophene rings is 1. The van der Waals surface area contributed by atoms with Crippen LogP contribution in [0.4, 0.5) is 11.4 Å². The van der Waals surface area contributed by atoms with Crippen LogP contribution < -0.4 is 5.32 Å². The van der Waals surface area contributed by atoms with Crippen LogP contribution in [-0.4, -0.2) is 33.2 Å². The van der Waals surface area contributed by atoms with Crippen LogP contribution in [0.1, 0.15) is 20.9 Å². The molecule has 0 saturated carbocycles. The lowest BCUT2D eigenvalue weighted by Crippen LogP contribution is -2.21. The molecule has 4 aromatic rings. The van der Waals surface area contributed by atoms with E-state index in [4.69, 9.17) is 4.74 Å². The van der Waals surface area contributed by atoms with Gasteiger partial charge in [0.25, 0.3) is 11.6 Å². The van der Waals surface area contributed by atoms with E-state index < -0.39 is 23.4 Å². The van der Waals surface area contributed by atoms with Crippen LogP contribution in [0, 0.1) is 24.0 Å². The third-order valence-corrected chi connectivity index (χ3v) is 5.88. The minimum absolute atomic E-state index is 0.0824. The number of benzene rings is 2. The van der Waals surface area contributed by atoms with Crippen LogP contribution in [0.5, 0.6) is 0 Å². The highest BCUT2D eigenvalue weighted by atomic mass is 32.1. The Bertz CT molecular complexity index is 1340. The van der Waals surface area contributed by atoms with Crippen molar-refractivity contribution in [3.05, 3.63) is 80.8 Å². The molecule has 2 aromatic heterocycles. The zero-order chi connectivity index (χ0) is 22.8. The van der Waals surface area contributed by atoms with Crippen molar-refractivity contribution < 1.29 is 19.2 Å². The first kappa shape index (κ1) is 21.2. The van der Waals surface area contributed by atoms with Gasteiger partial charge < -0.3 is 10.1 Å². The molecule has 10 heteroatoms. The monoisotopic (exact) mass is 450 g/mol. The van der Waals surface area contributed by atoms with Crippen LogP contribution in [0.15, 0.2) is 54.6 Å². The Hall–Kier alpha value is -4.05. The number of aromatic nitrogens is 2. The highest BCUT2D eigenvalue weighted by molar-refractivity contribution is 7.20. The number of para-hydroxylation sites is 2. The molecule has 0 spiro atoms. The molecule has 0 atom stereocenters. The first-order chi connectivity index (χ1) is 15.3. The predicted octanol–water partition coefficient (Wildman–Crippen LogP) is 4.41. The van der Waals surface area contributed by atoms with Crippen molar-refractivity contribution in [2.24, 2.45) is 0 Å². The summed E-state index contributed by atoms with van der Waals surface area (Å²) >= 11 is 1.22. The number of anilines is 1. The number of fused-ring (bicyclic) bond motifs is 1. The summed E-state index contributed by atoms with van der Waals surface area (Å²) < 4.78 is 6.91. The van der Waals surface area contributed by atoms with Gasteiger partial charge in [0.2, 0.25) is 0 Å². The quantitative estimate of drug-likeness (QED) is 0.264. The van der Waals surface area contributed by atoms with Crippen molar-refractivity contribution in [3.63, 3.8) is 0 Å². The molecule has 0 aliphatic rings. The maximum Gasteiger partial charge on any atom is 0.348 e. The van der Waals surface area contributed by atoms with Gasteiger partial charge in [0.15, 0.2) is 6.61 Å². The molecular formula is C22H18N4O5S. The average Bonchev–Trinajstić information content (AvgIpc) is 3.34. The summed E-state index contributed by atoms with van der Waals surface area (Å²) in [5.41, 5.74) is 2.02. The van der Waals surface area contributed by atoms with E-state index in [1.165, 1.54) is 23.5 Å². The zero-order valence-corrected chi connectivity index (χ0v) is 18.0. The van der Waals surface area contributed by atoms with Gasteiger partial charge in [-0.2, -0.15) is 5.10 Å². The fraction of sp³-hybridized carbons (Fsp3) is 0.136. The van der Waals surface area contributed by atoms with Gasteiger partial charge >= 0.3 is 5.97 Å². The molecule has 0 unspecified atom stereocenters. The Kier molecular flexibility index (Phi) is 5.69. The molecule has 32 heavy (non-hydrogen) atoms. The molecule has 0 radical (unpaired) electrons. The van der Waals surface area contributed by atoms with Crippen molar-refractivity contribution in [1.29, 1.82) is 0 Å². The van der Waals surface area contributed by atoms with E-state index in [2.05, 4.69) is 10.4 Å². The minimum atomic E-state index is -0.663. The van der Waals surface area contributed by atoms with E-state index in [1.54, 1.807) is 23.7 Å². The molecule has 0 saturated heterocycles. The van der Waals surface area contributed by atoms with Crippen LogP contribution in [0.3, 0.4) is 0 Å². The number of hydrogen-bond donors (Lipinski definition) is 1. The summed E-state index contributed by atoms with van der Waals surface area (Å²) in [7, 11) is 0. The zero-order valence-electron chi connectivity index (χ0n) is 17.2. The highest BCUT2D eigenvalue weighted by Gasteiger charge is 2.21. The Morgan fingerprint density at radius 2 is 1.91 bits per heavy atom. The molecule has 162 valence electrons. The fourth-order valence-electron chi connectivity index (χ4n) is 3.24. The molecule has 1 N–H and O–H groups in total. The number of nitrogens with zero attached hydrogens (tertiary/aromatic N) is 3. The SMILES string of the molecule is Cc1cccc([N+](=O)[O-])c1NC(=O)COC(=O)c1cc2c(C)nn(-c3ccccc3)c2s1. The van der Waals surface area contributed by atoms with E-state index in [1.807, 2.05) is 37.3 Å². The molecule has 2 heterocycles. The maximum atomic E-state index is 12.5. The first-order valence-corrected chi connectivity index (χ1v) is 10.4. The lowest BCUT2D eigenvalue weighted by molar-refractivity contribution is -0.384. The standard InChI is InChI=1S/C22H18N4O5S/c1-13-7-6-10-17(26(29)30)20(13)23-19(27)12-31-22(28)18-11-16-14(2)24-25(21(16)32-18)15-8-4-3-5-9-15/h3-11H,12H2,1-2H3,(H,23,27). The van der Waals surface area contributed by atoms with E-state index in [9.17, 15) is 19.7 Å². The lowest BCUT2D eigenvalue weighted by atomic mass is 10.1. The summed E-state index contributed by atoms with van der Waals surface area (Å²) in [4.78, 5) is 36.5. The minimum Gasteiger partial charge on any atom is -0.451 e. The van der Waals surface area contributed by atoms with Gasteiger partial charge in [-0.1, -0.05) is 30.3 Å². The summed E-state index contributed by atoms with van der Waals surface area (Å²) in [5.74, 6) is -1.32. The summed E-state index contributed by atoms with van der Waals surface area (Å²) in [6.07, 6.45) is 0. The lowest BCUT2D eigenvalue weighted by Gasteiger charge is -2.09. The second-order valence-corrected chi connectivity index (χ2v) is 8.04. The number of nitrogens with one attached hydrogen (secondary N) is 1. The second-order valence-electron chi connectivity index (χ2n) is 7.01. The van der Waals surface area contributed by atoms with Crippen molar-refractivity contribution in [3.8, 4) is 5.69 Å². The number of hydrogen-bond acceptors (Lipinski definition) is 7. The van der Waals surface area contributed by atoms with Crippen molar-refractivity contribution in [2.45, 2.75) is 13.8 Å². The van der Waals surface area contributed by atoms with Gasteiger partial charge in [-0.25, -0.2) is 9.48 Å².